The molecule has 1 aliphatic rings. The first-order chi connectivity index (χ1) is 12.0. The Labute approximate surface area is 144 Å². The number of ether oxygens (including phenoxy) is 1. The molecule has 7 nitrogen and oxygen atoms in total. The first-order valence-corrected chi connectivity index (χ1v) is 7.92. The lowest BCUT2D eigenvalue weighted by atomic mass is 9.91. The molecule has 0 bridgehead atoms. The van der Waals surface area contributed by atoms with Gasteiger partial charge in [0.15, 0.2) is 5.60 Å². The van der Waals surface area contributed by atoms with Crippen LogP contribution < -0.4 is 4.74 Å². The molecular weight excluding hydrogens is 324 g/mol. The maximum atomic E-state index is 12.6. The number of piperidine rings is 1. The Morgan fingerprint density at radius 2 is 1.76 bits per heavy atom. The van der Waals surface area contributed by atoms with E-state index >= 15 is 0 Å². The minimum Gasteiger partial charge on any atom is -0.479 e. The Bertz CT molecular complexity index is 770. The van der Waals surface area contributed by atoms with Crippen molar-refractivity contribution < 1.29 is 24.5 Å². The number of aromatic nitrogens is 1. The van der Waals surface area contributed by atoms with E-state index in [1.165, 1.54) is 11.1 Å². The van der Waals surface area contributed by atoms with Crippen LogP contribution in [-0.2, 0) is 4.79 Å². The Hall–Kier alpha value is -2.93. The number of pyridine rings is 1. The third kappa shape index (κ3) is 3.77. The summed E-state index contributed by atoms with van der Waals surface area (Å²) < 4.78 is 5.69. The standard InChI is InChI=1S/C18H18N2O5/c21-16(20-10-7-18(24,8-11-20)17(22)23)15-12-14(6-9-19-15)25-13-4-2-1-3-5-13/h1-6,9,12,24H,7-8,10-11H2,(H,22,23). The van der Waals surface area contributed by atoms with Crippen molar-refractivity contribution in [1.29, 1.82) is 0 Å². The summed E-state index contributed by atoms with van der Waals surface area (Å²) in [6.07, 6.45) is 1.48. The third-order valence-corrected chi connectivity index (χ3v) is 4.21. The number of para-hydroxylation sites is 1. The van der Waals surface area contributed by atoms with Gasteiger partial charge in [0.05, 0.1) is 0 Å². The molecular formula is C18H18N2O5. The maximum absolute atomic E-state index is 12.6. The summed E-state index contributed by atoms with van der Waals surface area (Å²) in [6.45, 7) is 0.320. The van der Waals surface area contributed by atoms with Crippen molar-refractivity contribution in [3.05, 3.63) is 54.4 Å². The van der Waals surface area contributed by atoms with Crippen LogP contribution in [0.5, 0.6) is 11.5 Å². The fourth-order valence-electron chi connectivity index (χ4n) is 2.67. The summed E-state index contributed by atoms with van der Waals surface area (Å²) in [5.74, 6) is -0.429. The summed E-state index contributed by atoms with van der Waals surface area (Å²) >= 11 is 0. The molecule has 2 heterocycles. The first-order valence-electron chi connectivity index (χ1n) is 7.92. The summed E-state index contributed by atoms with van der Waals surface area (Å²) in [5.41, 5.74) is -1.54. The van der Waals surface area contributed by atoms with Crippen LogP contribution in [0.2, 0.25) is 0 Å². The number of carbonyl (C=O) groups excluding carboxylic acids is 1. The quantitative estimate of drug-likeness (QED) is 0.881. The Kier molecular flexibility index (Phi) is 4.67. The van der Waals surface area contributed by atoms with Crippen LogP contribution >= 0.6 is 0 Å². The molecule has 0 saturated carbocycles. The van der Waals surface area contributed by atoms with Crippen molar-refractivity contribution in [1.82, 2.24) is 9.88 Å². The van der Waals surface area contributed by atoms with E-state index in [0.29, 0.717) is 11.5 Å². The Balaban J connectivity index is 1.69. The predicted octanol–water partition coefficient (Wildman–Crippen LogP) is 1.93. The maximum Gasteiger partial charge on any atom is 0.335 e. The molecule has 1 amide bonds. The Morgan fingerprint density at radius 1 is 1.08 bits per heavy atom. The van der Waals surface area contributed by atoms with Gasteiger partial charge >= 0.3 is 5.97 Å². The average Bonchev–Trinajstić information content (AvgIpc) is 2.63. The highest BCUT2D eigenvalue weighted by molar-refractivity contribution is 5.93. The van der Waals surface area contributed by atoms with E-state index < -0.39 is 11.6 Å². The number of aliphatic hydroxyl groups is 1. The van der Waals surface area contributed by atoms with E-state index in [1.54, 1.807) is 24.3 Å². The van der Waals surface area contributed by atoms with E-state index in [2.05, 4.69) is 4.98 Å². The van der Waals surface area contributed by atoms with E-state index in [-0.39, 0.29) is 37.5 Å². The topological polar surface area (TPSA) is 100.0 Å². The van der Waals surface area contributed by atoms with Crippen LogP contribution in [0.1, 0.15) is 23.3 Å². The van der Waals surface area contributed by atoms with Crippen LogP contribution in [-0.4, -0.2) is 50.7 Å². The molecule has 0 atom stereocenters. The minimum absolute atomic E-state index is 0.00568. The summed E-state index contributed by atoms with van der Waals surface area (Å²) in [4.78, 5) is 29.2. The number of carbonyl (C=O) groups is 2. The largest absolute Gasteiger partial charge is 0.479 e. The molecule has 1 saturated heterocycles. The van der Waals surface area contributed by atoms with Gasteiger partial charge in [0, 0.05) is 38.2 Å². The van der Waals surface area contributed by atoms with Crippen molar-refractivity contribution >= 4 is 11.9 Å². The number of amides is 1. The summed E-state index contributed by atoms with van der Waals surface area (Å²) in [6, 6.07) is 12.4. The van der Waals surface area contributed by atoms with Gasteiger partial charge in [-0.3, -0.25) is 9.78 Å². The van der Waals surface area contributed by atoms with Gasteiger partial charge in [-0.2, -0.15) is 0 Å². The van der Waals surface area contributed by atoms with Crippen LogP contribution in [0.25, 0.3) is 0 Å². The van der Waals surface area contributed by atoms with Crippen molar-refractivity contribution in [2.24, 2.45) is 0 Å². The zero-order valence-corrected chi connectivity index (χ0v) is 13.5. The van der Waals surface area contributed by atoms with E-state index in [9.17, 15) is 14.7 Å². The molecule has 25 heavy (non-hydrogen) atoms. The van der Waals surface area contributed by atoms with Crippen LogP contribution in [0.4, 0.5) is 0 Å². The normalized spacial score (nSPS) is 16.3. The molecule has 3 rings (SSSR count). The third-order valence-electron chi connectivity index (χ3n) is 4.21. The fourth-order valence-corrected chi connectivity index (χ4v) is 2.67. The van der Waals surface area contributed by atoms with Crippen LogP contribution in [0.3, 0.4) is 0 Å². The SMILES string of the molecule is O=C(c1cc(Oc2ccccc2)ccn1)N1CCC(O)(C(=O)O)CC1. The van der Waals surface area contributed by atoms with Crippen molar-refractivity contribution in [2.45, 2.75) is 18.4 Å². The molecule has 0 unspecified atom stereocenters. The molecule has 2 N–H and O–H groups in total. The molecule has 7 heteroatoms. The zero-order chi connectivity index (χ0) is 17.9. The second-order valence-corrected chi connectivity index (χ2v) is 5.92. The van der Waals surface area contributed by atoms with Crippen LogP contribution in [0.15, 0.2) is 48.7 Å². The van der Waals surface area contributed by atoms with Gasteiger partial charge in [-0.15, -0.1) is 0 Å². The van der Waals surface area contributed by atoms with Gasteiger partial charge in [0.2, 0.25) is 0 Å². The number of rotatable bonds is 4. The summed E-state index contributed by atoms with van der Waals surface area (Å²) in [5, 5.41) is 19.0. The number of aliphatic carboxylic acids is 1. The average molecular weight is 342 g/mol. The molecule has 1 aromatic carbocycles. The van der Waals surface area contributed by atoms with Gasteiger partial charge in [0.25, 0.3) is 5.91 Å². The van der Waals surface area contributed by atoms with Crippen LogP contribution in [0, 0.1) is 0 Å². The van der Waals surface area contributed by atoms with Gasteiger partial charge in [-0.1, -0.05) is 18.2 Å². The smallest absolute Gasteiger partial charge is 0.335 e. The molecule has 130 valence electrons. The van der Waals surface area contributed by atoms with Gasteiger partial charge in [-0.25, -0.2) is 4.79 Å². The number of nitrogens with zero attached hydrogens (tertiary/aromatic N) is 2. The number of carboxylic acid groups (broad SMARTS) is 1. The number of likely N-dealkylation sites (tertiary alicyclic amines) is 1. The highest BCUT2D eigenvalue weighted by atomic mass is 16.5. The highest BCUT2D eigenvalue weighted by Gasteiger charge is 2.40. The van der Waals surface area contributed by atoms with Crippen molar-refractivity contribution in [3.63, 3.8) is 0 Å². The zero-order valence-electron chi connectivity index (χ0n) is 13.5. The predicted molar refractivity (Wildman–Crippen MR) is 88.5 cm³/mol. The van der Waals surface area contributed by atoms with Gasteiger partial charge in [-0.05, 0) is 18.2 Å². The molecule has 1 fully saturated rings. The molecule has 1 aliphatic heterocycles. The van der Waals surface area contributed by atoms with Crippen molar-refractivity contribution in [3.8, 4) is 11.5 Å². The number of benzene rings is 1. The molecule has 0 spiro atoms. The fraction of sp³-hybridized carbons (Fsp3) is 0.278. The lowest BCUT2D eigenvalue weighted by molar-refractivity contribution is -0.162. The first kappa shape index (κ1) is 16.9. The lowest BCUT2D eigenvalue weighted by Crippen LogP contribution is -2.50. The van der Waals surface area contributed by atoms with Gasteiger partial charge < -0.3 is 19.8 Å². The number of hydrogen-bond acceptors (Lipinski definition) is 5. The monoisotopic (exact) mass is 342 g/mol. The second-order valence-electron chi connectivity index (χ2n) is 5.92. The van der Waals surface area contributed by atoms with Crippen molar-refractivity contribution in [2.75, 3.05) is 13.1 Å². The molecule has 2 aromatic rings. The van der Waals surface area contributed by atoms with E-state index in [4.69, 9.17) is 9.84 Å². The van der Waals surface area contributed by atoms with Gasteiger partial charge in [0.1, 0.15) is 17.2 Å². The second kappa shape index (κ2) is 6.90. The summed E-state index contributed by atoms with van der Waals surface area (Å²) in [7, 11) is 0. The molecule has 1 aromatic heterocycles. The van der Waals surface area contributed by atoms with E-state index in [1.807, 2.05) is 18.2 Å². The minimum atomic E-state index is -1.76. The Morgan fingerprint density at radius 3 is 2.40 bits per heavy atom. The number of hydrogen-bond donors (Lipinski definition) is 2. The lowest BCUT2D eigenvalue weighted by Gasteiger charge is -2.35. The molecule has 0 aliphatic carbocycles. The molecule has 0 radical (unpaired) electrons. The highest BCUT2D eigenvalue weighted by Crippen LogP contribution is 2.25. The number of carboxylic acids is 1. The van der Waals surface area contributed by atoms with E-state index in [0.717, 1.165) is 0 Å².